The zero-order valence-corrected chi connectivity index (χ0v) is 16.2. The average molecular weight is 367 g/mol. The number of rotatable bonds is 7. The fraction of sp³-hybridized carbons (Fsp3) is 0.737. The van der Waals surface area contributed by atoms with E-state index in [-0.39, 0.29) is 5.91 Å². The Bertz CT molecular complexity index is 541. The molecule has 6 heteroatoms. The standard InChI is InChI=1S/C19H30N2O3S/c1-23-10-5-18(22)21-8-6-19(7-9-21)15-20(12-16(19)14-24-2)13-17-4-3-11-25-17/h3-4,11,16H,5-10,12-15H2,1-2H3. The van der Waals surface area contributed by atoms with Gasteiger partial charge in [-0.3, -0.25) is 9.69 Å². The van der Waals surface area contributed by atoms with Gasteiger partial charge in [-0.1, -0.05) is 6.07 Å². The van der Waals surface area contributed by atoms with Gasteiger partial charge in [-0.15, -0.1) is 11.3 Å². The molecule has 25 heavy (non-hydrogen) atoms. The number of methoxy groups -OCH3 is 2. The van der Waals surface area contributed by atoms with Crippen molar-refractivity contribution in [3.05, 3.63) is 22.4 Å². The predicted molar refractivity (Wildman–Crippen MR) is 99.7 cm³/mol. The number of thiophene rings is 1. The summed E-state index contributed by atoms with van der Waals surface area (Å²) in [7, 11) is 3.45. The van der Waals surface area contributed by atoms with Crippen LogP contribution in [0.3, 0.4) is 0 Å². The smallest absolute Gasteiger partial charge is 0.224 e. The van der Waals surface area contributed by atoms with Gasteiger partial charge in [-0.05, 0) is 29.7 Å². The van der Waals surface area contributed by atoms with Crippen LogP contribution in [0, 0.1) is 11.3 Å². The summed E-state index contributed by atoms with van der Waals surface area (Å²) in [5, 5.41) is 2.15. The SMILES string of the molecule is COCCC(=O)N1CCC2(CC1)CN(Cc1cccs1)CC2COC. The summed E-state index contributed by atoms with van der Waals surface area (Å²) in [6.45, 7) is 6.34. The maximum absolute atomic E-state index is 12.3. The summed E-state index contributed by atoms with van der Waals surface area (Å²) in [6, 6.07) is 4.35. The Morgan fingerprint density at radius 1 is 1.32 bits per heavy atom. The molecule has 0 N–H and O–H groups in total. The van der Waals surface area contributed by atoms with Gasteiger partial charge in [-0.2, -0.15) is 0 Å². The number of likely N-dealkylation sites (tertiary alicyclic amines) is 2. The van der Waals surface area contributed by atoms with Gasteiger partial charge in [-0.25, -0.2) is 0 Å². The first-order valence-electron chi connectivity index (χ1n) is 9.17. The van der Waals surface area contributed by atoms with E-state index in [9.17, 15) is 4.79 Å². The van der Waals surface area contributed by atoms with E-state index >= 15 is 0 Å². The van der Waals surface area contributed by atoms with E-state index in [2.05, 4.69) is 22.4 Å². The highest BCUT2D eigenvalue weighted by Crippen LogP contribution is 2.45. The predicted octanol–water partition coefficient (Wildman–Crippen LogP) is 2.47. The highest BCUT2D eigenvalue weighted by atomic mass is 32.1. The molecule has 0 radical (unpaired) electrons. The van der Waals surface area contributed by atoms with Crippen LogP contribution in [-0.2, 0) is 20.8 Å². The van der Waals surface area contributed by atoms with Gasteiger partial charge in [0.05, 0.1) is 19.6 Å². The second-order valence-corrected chi connectivity index (χ2v) is 8.42. The first-order valence-corrected chi connectivity index (χ1v) is 10.1. The minimum Gasteiger partial charge on any atom is -0.384 e. The summed E-state index contributed by atoms with van der Waals surface area (Å²) in [4.78, 5) is 18.3. The maximum Gasteiger partial charge on any atom is 0.224 e. The molecule has 2 saturated heterocycles. The minimum absolute atomic E-state index is 0.230. The molecule has 1 unspecified atom stereocenters. The van der Waals surface area contributed by atoms with Crippen LogP contribution in [-0.4, -0.2) is 69.3 Å². The third-order valence-electron chi connectivity index (χ3n) is 5.84. The molecule has 1 aromatic rings. The Kier molecular flexibility index (Phi) is 6.49. The van der Waals surface area contributed by atoms with E-state index in [0.717, 1.165) is 52.2 Å². The fourth-order valence-electron chi connectivity index (χ4n) is 4.43. The van der Waals surface area contributed by atoms with Crippen molar-refractivity contribution >= 4 is 17.2 Å². The Morgan fingerprint density at radius 2 is 2.12 bits per heavy atom. The molecule has 2 fully saturated rings. The normalized spacial score (nSPS) is 23.4. The first-order chi connectivity index (χ1) is 12.2. The second-order valence-electron chi connectivity index (χ2n) is 7.39. The fourth-order valence-corrected chi connectivity index (χ4v) is 5.18. The van der Waals surface area contributed by atoms with Crippen molar-refractivity contribution in [2.24, 2.45) is 11.3 Å². The average Bonchev–Trinajstić information content (AvgIpc) is 3.23. The maximum atomic E-state index is 12.3. The number of hydrogen-bond donors (Lipinski definition) is 0. The van der Waals surface area contributed by atoms with Gasteiger partial charge in [0.2, 0.25) is 5.91 Å². The number of nitrogens with zero attached hydrogens (tertiary/aromatic N) is 2. The molecule has 1 atom stereocenters. The Hall–Kier alpha value is -0.950. The monoisotopic (exact) mass is 366 g/mol. The van der Waals surface area contributed by atoms with E-state index in [4.69, 9.17) is 9.47 Å². The Balaban J connectivity index is 1.60. The van der Waals surface area contributed by atoms with E-state index < -0.39 is 0 Å². The molecule has 1 spiro atoms. The lowest BCUT2D eigenvalue weighted by Gasteiger charge is -2.42. The Labute approximate surface area is 154 Å². The van der Waals surface area contributed by atoms with Crippen LogP contribution in [0.1, 0.15) is 24.1 Å². The number of amides is 1. The van der Waals surface area contributed by atoms with Crippen molar-refractivity contribution in [3.63, 3.8) is 0 Å². The van der Waals surface area contributed by atoms with Crippen molar-refractivity contribution in [2.75, 3.05) is 53.6 Å². The third-order valence-corrected chi connectivity index (χ3v) is 6.70. The molecule has 1 aromatic heterocycles. The van der Waals surface area contributed by atoms with Gasteiger partial charge in [0, 0.05) is 57.7 Å². The second kappa shape index (κ2) is 8.62. The Morgan fingerprint density at radius 3 is 2.76 bits per heavy atom. The van der Waals surface area contributed by atoms with E-state index in [1.54, 1.807) is 14.2 Å². The molecule has 2 aliphatic rings. The van der Waals surface area contributed by atoms with E-state index in [1.165, 1.54) is 4.88 Å². The molecule has 2 aliphatic heterocycles. The summed E-state index contributed by atoms with van der Waals surface area (Å²) < 4.78 is 10.6. The number of ether oxygens (including phenoxy) is 2. The van der Waals surface area contributed by atoms with E-state index in [1.807, 2.05) is 16.2 Å². The molecule has 0 aliphatic carbocycles. The molecular formula is C19H30N2O3S. The number of carbonyl (C=O) groups excluding carboxylic acids is 1. The van der Waals surface area contributed by atoms with Gasteiger partial charge in [0.1, 0.15) is 0 Å². The molecule has 5 nitrogen and oxygen atoms in total. The van der Waals surface area contributed by atoms with Gasteiger partial charge < -0.3 is 14.4 Å². The lowest BCUT2D eigenvalue weighted by molar-refractivity contribution is -0.135. The van der Waals surface area contributed by atoms with Crippen LogP contribution >= 0.6 is 11.3 Å². The number of carbonyl (C=O) groups is 1. The molecule has 0 saturated carbocycles. The molecule has 3 rings (SSSR count). The summed E-state index contributed by atoms with van der Waals surface area (Å²) in [6.07, 6.45) is 2.66. The van der Waals surface area contributed by atoms with Crippen molar-refractivity contribution in [2.45, 2.75) is 25.8 Å². The lowest BCUT2D eigenvalue weighted by Crippen LogP contribution is -2.47. The lowest BCUT2D eigenvalue weighted by atomic mass is 9.71. The van der Waals surface area contributed by atoms with Gasteiger partial charge in [0.15, 0.2) is 0 Å². The van der Waals surface area contributed by atoms with Gasteiger partial charge in [0.25, 0.3) is 0 Å². The number of piperidine rings is 1. The summed E-state index contributed by atoms with van der Waals surface area (Å²) >= 11 is 1.83. The van der Waals surface area contributed by atoms with Crippen LogP contribution in [0.25, 0.3) is 0 Å². The van der Waals surface area contributed by atoms with Crippen molar-refractivity contribution in [1.29, 1.82) is 0 Å². The van der Waals surface area contributed by atoms with Crippen LogP contribution in [0.2, 0.25) is 0 Å². The van der Waals surface area contributed by atoms with Crippen molar-refractivity contribution in [3.8, 4) is 0 Å². The van der Waals surface area contributed by atoms with Crippen molar-refractivity contribution < 1.29 is 14.3 Å². The minimum atomic E-state index is 0.230. The molecule has 1 amide bonds. The van der Waals surface area contributed by atoms with E-state index in [0.29, 0.717) is 24.4 Å². The van der Waals surface area contributed by atoms with Crippen LogP contribution in [0.15, 0.2) is 17.5 Å². The molecule has 0 aromatic carbocycles. The summed E-state index contributed by atoms with van der Waals surface area (Å²) in [5.74, 6) is 0.794. The zero-order chi connectivity index (χ0) is 17.7. The third kappa shape index (κ3) is 4.42. The van der Waals surface area contributed by atoms with Crippen LogP contribution < -0.4 is 0 Å². The highest BCUT2D eigenvalue weighted by molar-refractivity contribution is 7.09. The first kappa shape index (κ1) is 18.8. The quantitative estimate of drug-likeness (QED) is 0.743. The highest BCUT2D eigenvalue weighted by Gasteiger charge is 2.48. The molecule has 140 valence electrons. The number of hydrogen-bond acceptors (Lipinski definition) is 5. The van der Waals surface area contributed by atoms with Crippen LogP contribution in [0.4, 0.5) is 0 Å². The molecular weight excluding hydrogens is 336 g/mol. The zero-order valence-electron chi connectivity index (χ0n) is 15.4. The van der Waals surface area contributed by atoms with Gasteiger partial charge >= 0.3 is 0 Å². The summed E-state index contributed by atoms with van der Waals surface area (Å²) in [5.41, 5.74) is 0.297. The molecule has 0 bridgehead atoms. The van der Waals surface area contributed by atoms with Crippen LogP contribution in [0.5, 0.6) is 0 Å². The molecule has 3 heterocycles. The largest absolute Gasteiger partial charge is 0.384 e. The topological polar surface area (TPSA) is 42.0 Å². The van der Waals surface area contributed by atoms with Crippen molar-refractivity contribution in [1.82, 2.24) is 9.80 Å².